The van der Waals surface area contributed by atoms with E-state index < -0.39 is 71.2 Å². The zero-order chi connectivity index (χ0) is 45.5. The van der Waals surface area contributed by atoms with E-state index in [4.69, 9.17) is 18.9 Å². The monoisotopic (exact) mass is 886 g/mol. The summed E-state index contributed by atoms with van der Waals surface area (Å²) in [4.78, 5) is 25.3. The van der Waals surface area contributed by atoms with E-state index in [1.54, 1.807) is 0 Å². The summed E-state index contributed by atoms with van der Waals surface area (Å²) >= 11 is 0. The average molecular weight is 887 g/mol. The molecule has 0 aromatic rings. The molecule has 1 aliphatic heterocycles. The van der Waals surface area contributed by atoms with Crippen LogP contribution in [0.5, 0.6) is 0 Å². The molecule has 0 aliphatic carbocycles. The standard InChI is InChI=1S/C49H74O12S/c1-3-5-7-9-11-13-15-17-18-19-20-21-22-23-24-26-27-29-31-33-35-37-44(50)58-39-42(40-59-49-48(54)47(53)46(52)43(61-49)41-62(55,56)57)60-45(51)38-36-34-32-30-28-25-16-14-12-10-8-6-4-2/h6,8,10-14,16-18,20-21,23-25,27-30,32,42-43,46-49,52-54H,3-5,7,9,15,19,22,26,31,33-41H2,1-2H3,(H,55,56,57)/b8-6+,12-10+,13-11+,16-14+,18-17+,21-20+,24-23+,28-25+,29-27+,32-30+/t42?,43-,46-,47?,48?,49+/m1/s1. The molecule has 0 amide bonds. The molecule has 1 fully saturated rings. The topological polar surface area (TPSA) is 186 Å². The van der Waals surface area contributed by atoms with E-state index in [1.165, 1.54) is 25.7 Å². The summed E-state index contributed by atoms with van der Waals surface area (Å²) in [5, 5.41) is 30.8. The first-order valence-corrected chi connectivity index (χ1v) is 23.8. The number of aliphatic hydroxyl groups is 3. The predicted octanol–water partition coefficient (Wildman–Crippen LogP) is 9.00. The minimum atomic E-state index is -4.62. The second kappa shape index (κ2) is 37.6. The molecule has 12 nitrogen and oxygen atoms in total. The Morgan fingerprint density at radius 1 is 0.581 bits per heavy atom. The molecule has 6 atom stereocenters. The number of rotatable bonds is 34. The number of unbranched alkanes of at least 4 members (excludes halogenated alkanes) is 6. The maximum atomic E-state index is 12.7. The van der Waals surface area contributed by atoms with Gasteiger partial charge in [0.15, 0.2) is 12.4 Å². The molecule has 0 aromatic carbocycles. The number of esters is 2. The third-order valence-corrected chi connectivity index (χ3v) is 9.90. The lowest BCUT2D eigenvalue weighted by Crippen LogP contribution is -2.60. The fourth-order valence-corrected chi connectivity index (χ4v) is 6.41. The van der Waals surface area contributed by atoms with Crippen LogP contribution < -0.4 is 0 Å². The molecule has 1 saturated heterocycles. The number of hydrogen-bond acceptors (Lipinski definition) is 11. The Bertz CT molecular complexity index is 1600. The molecule has 0 spiro atoms. The van der Waals surface area contributed by atoms with Crippen molar-refractivity contribution in [1.29, 1.82) is 0 Å². The molecular weight excluding hydrogens is 813 g/mol. The summed E-state index contributed by atoms with van der Waals surface area (Å²) in [5.74, 6) is -2.16. The van der Waals surface area contributed by atoms with Gasteiger partial charge in [0.1, 0.15) is 36.8 Å². The minimum absolute atomic E-state index is 0.0499. The number of allylic oxidation sites excluding steroid dienone is 20. The second-order valence-electron chi connectivity index (χ2n) is 14.7. The lowest BCUT2D eigenvalue weighted by atomic mass is 10.00. The van der Waals surface area contributed by atoms with Crippen molar-refractivity contribution < 1.29 is 56.8 Å². The summed E-state index contributed by atoms with van der Waals surface area (Å²) in [5.41, 5.74) is 0. The van der Waals surface area contributed by atoms with Crippen LogP contribution in [0.1, 0.15) is 117 Å². The molecule has 1 heterocycles. The van der Waals surface area contributed by atoms with Crippen LogP contribution in [0.25, 0.3) is 0 Å². The first-order valence-electron chi connectivity index (χ1n) is 22.2. The molecule has 0 saturated carbocycles. The van der Waals surface area contributed by atoms with Crippen molar-refractivity contribution in [3.8, 4) is 0 Å². The number of carbonyl (C=O) groups excluding carboxylic acids is 2. The van der Waals surface area contributed by atoms with Crippen molar-refractivity contribution in [2.75, 3.05) is 19.0 Å². The van der Waals surface area contributed by atoms with E-state index in [9.17, 15) is 37.9 Å². The molecule has 0 radical (unpaired) electrons. The Morgan fingerprint density at radius 2 is 1.08 bits per heavy atom. The molecule has 13 heteroatoms. The normalized spacial score (nSPS) is 21.0. The summed E-state index contributed by atoms with van der Waals surface area (Å²) in [6, 6.07) is 0. The highest BCUT2D eigenvalue weighted by molar-refractivity contribution is 7.85. The van der Waals surface area contributed by atoms with E-state index in [2.05, 4.69) is 80.7 Å². The highest BCUT2D eigenvalue weighted by atomic mass is 32.2. The van der Waals surface area contributed by atoms with Gasteiger partial charge >= 0.3 is 11.9 Å². The van der Waals surface area contributed by atoms with Crippen LogP contribution in [-0.4, -0.2) is 96.0 Å². The Balaban J connectivity index is 2.53. The minimum Gasteiger partial charge on any atom is -0.462 e. The summed E-state index contributed by atoms with van der Waals surface area (Å²) in [6.07, 6.45) is 44.0. The molecular formula is C49H74O12S. The van der Waals surface area contributed by atoms with Crippen LogP contribution in [0.4, 0.5) is 0 Å². The Kier molecular flexibility index (Phi) is 34.0. The van der Waals surface area contributed by atoms with Crippen molar-refractivity contribution >= 4 is 22.1 Å². The smallest absolute Gasteiger partial charge is 0.306 e. The molecule has 1 aliphatic rings. The second-order valence-corrected chi connectivity index (χ2v) is 16.2. The number of ether oxygens (including phenoxy) is 4. The van der Waals surface area contributed by atoms with Crippen LogP contribution in [0, 0.1) is 0 Å². The average Bonchev–Trinajstić information content (AvgIpc) is 3.24. The summed E-state index contributed by atoms with van der Waals surface area (Å²) < 4.78 is 53.9. The first kappa shape index (κ1) is 56.1. The van der Waals surface area contributed by atoms with Crippen LogP contribution in [-0.2, 0) is 38.7 Å². The van der Waals surface area contributed by atoms with Gasteiger partial charge in [-0.1, -0.05) is 148 Å². The molecule has 62 heavy (non-hydrogen) atoms. The zero-order valence-corrected chi connectivity index (χ0v) is 37.7. The van der Waals surface area contributed by atoms with Crippen molar-refractivity contribution in [2.24, 2.45) is 0 Å². The number of hydrogen-bond donors (Lipinski definition) is 4. The van der Waals surface area contributed by atoms with Crippen molar-refractivity contribution in [1.82, 2.24) is 0 Å². The molecule has 0 aromatic heterocycles. The maximum Gasteiger partial charge on any atom is 0.306 e. The molecule has 3 unspecified atom stereocenters. The lowest BCUT2D eigenvalue weighted by Gasteiger charge is -2.40. The maximum absolute atomic E-state index is 12.7. The van der Waals surface area contributed by atoms with E-state index in [0.717, 1.165) is 44.9 Å². The van der Waals surface area contributed by atoms with Gasteiger partial charge in [0.25, 0.3) is 10.1 Å². The fraction of sp³-hybridized carbons (Fsp3) is 0.551. The molecule has 0 bridgehead atoms. The van der Waals surface area contributed by atoms with Gasteiger partial charge in [-0.25, -0.2) is 0 Å². The quantitative estimate of drug-likeness (QED) is 0.0158. The number of aliphatic hydroxyl groups excluding tert-OH is 3. The van der Waals surface area contributed by atoms with Gasteiger partial charge in [-0.05, 0) is 77.0 Å². The molecule has 348 valence electrons. The number of carbonyl (C=O) groups is 2. The first-order chi connectivity index (χ1) is 30.0. The van der Waals surface area contributed by atoms with Gasteiger partial charge in [-0.3, -0.25) is 14.1 Å². The largest absolute Gasteiger partial charge is 0.462 e. The van der Waals surface area contributed by atoms with Crippen LogP contribution in [0.2, 0.25) is 0 Å². The third-order valence-electron chi connectivity index (χ3n) is 9.15. The van der Waals surface area contributed by atoms with Gasteiger partial charge in [0, 0.05) is 12.8 Å². The van der Waals surface area contributed by atoms with Gasteiger partial charge in [-0.2, -0.15) is 8.42 Å². The van der Waals surface area contributed by atoms with E-state index >= 15 is 0 Å². The Labute approximate surface area is 371 Å². The van der Waals surface area contributed by atoms with Crippen molar-refractivity contribution in [2.45, 2.75) is 153 Å². The van der Waals surface area contributed by atoms with E-state index in [0.29, 0.717) is 19.3 Å². The van der Waals surface area contributed by atoms with Gasteiger partial charge in [0.05, 0.1) is 6.61 Å². The zero-order valence-electron chi connectivity index (χ0n) is 36.9. The van der Waals surface area contributed by atoms with Gasteiger partial charge in [-0.15, -0.1) is 0 Å². The fourth-order valence-electron chi connectivity index (χ4n) is 5.72. The third kappa shape index (κ3) is 31.8. The molecule has 1 rings (SSSR count). The van der Waals surface area contributed by atoms with Crippen molar-refractivity contribution in [3.05, 3.63) is 122 Å². The van der Waals surface area contributed by atoms with Crippen LogP contribution in [0.15, 0.2) is 122 Å². The van der Waals surface area contributed by atoms with Crippen LogP contribution in [0.3, 0.4) is 0 Å². The van der Waals surface area contributed by atoms with E-state index in [1.807, 2.05) is 54.7 Å². The van der Waals surface area contributed by atoms with Crippen molar-refractivity contribution in [3.63, 3.8) is 0 Å². The lowest BCUT2D eigenvalue weighted by molar-refractivity contribution is -0.297. The van der Waals surface area contributed by atoms with Gasteiger partial charge < -0.3 is 34.3 Å². The highest BCUT2D eigenvalue weighted by Gasteiger charge is 2.46. The molecule has 4 N–H and O–H groups in total. The Morgan fingerprint density at radius 3 is 1.63 bits per heavy atom. The van der Waals surface area contributed by atoms with E-state index in [-0.39, 0.29) is 19.4 Å². The summed E-state index contributed by atoms with van der Waals surface area (Å²) in [6.45, 7) is 3.45. The van der Waals surface area contributed by atoms with Gasteiger partial charge in [0.2, 0.25) is 0 Å². The predicted molar refractivity (Wildman–Crippen MR) is 247 cm³/mol. The summed E-state index contributed by atoms with van der Waals surface area (Å²) in [7, 11) is -4.62. The van der Waals surface area contributed by atoms with Crippen LogP contribution >= 0.6 is 0 Å². The Hall–Kier alpha value is -3.95. The SMILES string of the molecule is CC/C=C/C=C/C=C/C=C/C=C/CCCC(=O)OC(COC(=O)CCCC/C=C/C/C=C/C/C=C/C/C=C/C/C=C/CCCCC)CO[C@H]1O[C@H](CS(=O)(=O)O)[C@@H](O)C(O)C1O. The highest BCUT2D eigenvalue weighted by Crippen LogP contribution is 2.23.